The molecule has 1 saturated heterocycles. The largest absolute Gasteiger partial charge is 0.384 e. The molecule has 1 aliphatic carbocycles. The van der Waals surface area contributed by atoms with E-state index >= 15 is 0 Å². The molecule has 5 rings (SSSR count). The highest BCUT2D eigenvalue weighted by molar-refractivity contribution is 6.01. The van der Waals surface area contributed by atoms with Crippen LogP contribution in [0.3, 0.4) is 0 Å². The van der Waals surface area contributed by atoms with Crippen LogP contribution in [0.25, 0.3) is 11.1 Å². The molecule has 0 radical (unpaired) electrons. The van der Waals surface area contributed by atoms with Crippen molar-refractivity contribution >= 4 is 11.7 Å². The van der Waals surface area contributed by atoms with Gasteiger partial charge in [0.25, 0.3) is 5.91 Å². The number of nitrogens with one attached hydrogen (secondary N) is 1. The maximum atomic E-state index is 13.5. The molecule has 0 unspecified atom stereocenters. The van der Waals surface area contributed by atoms with Crippen LogP contribution in [0, 0.1) is 13.8 Å². The van der Waals surface area contributed by atoms with Gasteiger partial charge in [-0.15, -0.1) is 0 Å². The van der Waals surface area contributed by atoms with Gasteiger partial charge < -0.3 is 20.7 Å². The van der Waals surface area contributed by atoms with E-state index in [0.717, 1.165) is 55.6 Å². The number of hydrogen-bond donors (Lipinski definition) is 2. The molecular formula is C33H43N5O2. The summed E-state index contributed by atoms with van der Waals surface area (Å²) in [6.07, 6.45) is 5.67. The Bertz CT molecular complexity index is 1320. The number of carbonyl (C=O) groups excluding carboxylic acids is 1. The van der Waals surface area contributed by atoms with Gasteiger partial charge in [-0.25, -0.2) is 4.98 Å². The molecule has 1 aliphatic heterocycles. The molecule has 2 aliphatic rings. The first-order valence-corrected chi connectivity index (χ1v) is 14.5. The number of likely N-dealkylation sites (tertiary alicyclic amines) is 1. The summed E-state index contributed by atoms with van der Waals surface area (Å²) in [6, 6.07) is 17.3. The van der Waals surface area contributed by atoms with Crippen LogP contribution in [0.4, 0.5) is 5.82 Å². The van der Waals surface area contributed by atoms with Gasteiger partial charge in [0.15, 0.2) is 0 Å². The Morgan fingerprint density at radius 1 is 1.05 bits per heavy atom. The first kappa shape index (κ1) is 28.3. The Labute approximate surface area is 238 Å². The zero-order chi connectivity index (χ0) is 28.2. The number of ether oxygens (including phenoxy) is 1. The highest BCUT2D eigenvalue weighted by Gasteiger charge is 2.30. The fraction of sp³-hybridized carbons (Fsp3) is 0.455. The molecule has 7 heteroatoms. The molecule has 7 nitrogen and oxygen atoms in total. The average molecular weight is 542 g/mol. The maximum absolute atomic E-state index is 13.5. The van der Waals surface area contributed by atoms with Gasteiger partial charge >= 0.3 is 0 Å². The van der Waals surface area contributed by atoms with Crippen LogP contribution in [0.2, 0.25) is 0 Å². The molecular weight excluding hydrogens is 498 g/mol. The third-order valence-electron chi connectivity index (χ3n) is 8.62. The minimum Gasteiger partial charge on any atom is -0.384 e. The second-order valence-electron chi connectivity index (χ2n) is 11.8. The molecule has 2 aromatic carbocycles. The van der Waals surface area contributed by atoms with Crippen molar-refractivity contribution in [2.75, 3.05) is 32.9 Å². The van der Waals surface area contributed by atoms with E-state index in [9.17, 15) is 4.79 Å². The van der Waals surface area contributed by atoms with Crippen LogP contribution < -0.4 is 11.1 Å². The molecule has 3 N–H and O–H groups in total. The first-order valence-electron chi connectivity index (χ1n) is 14.5. The van der Waals surface area contributed by atoms with Crippen molar-refractivity contribution in [3.8, 4) is 11.1 Å². The van der Waals surface area contributed by atoms with Crippen molar-refractivity contribution in [2.45, 2.75) is 70.9 Å². The van der Waals surface area contributed by atoms with Gasteiger partial charge in [-0.2, -0.15) is 0 Å². The van der Waals surface area contributed by atoms with Gasteiger partial charge in [0.05, 0.1) is 24.3 Å². The quantitative estimate of drug-likeness (QED) is 0.399. The van der Waals surface area contributed by atoms with Crippen LogP contribution >= 0.6 is 0 Å². The highest BCUT2D eigenvalue weighted by Crippen LogP contribution is 2.28. The summed E-state index contributed by atoms with van der Waals surface area (Å²) in [5, 5.41) is 3.25. The maximum Gasteiger partial charge on any atom is 0.253 e. The second kappa shape index (κ2) is 12.5. The number of nitrogens with zero attached hydrogens (tertiary/aromatic N) is 3. The summed E-state index contributed by atoms with van der Waals surface area (Å²) in [5.41, 5.74) is 13.3. The molecule has 212 valence electrons. The summed E-state index contributed by atoms with van der Waals surface area (Å²) in [5.74, 6) is 0.267. The number of aryl methyl sites for hydroxylation is 2. The van der Waals surface area contributed by atoms with E-state index in [-0.39, 0.29) is 18.1 Å². The van der Waals surface area contributed by atoms with E-state index in [4.69, 9.17) is 10.5 Å². The van der Waals surface area contributed by atoms with Gasteiger partial charge in [0.1, 0.15) is 5.82 Å². The smallest absolute Gasteiger partial charge is 0.253 e. The van der Waals surface area contributed by atoms with Crippen molar-refractivity contribution in [3.63, 3.8) is 0 Å². The zero-order valence-corrected chi connectivity index (χ0v) is 24.3. The third kappa shape index (κ3) is 6.72. The van der Waals surface area contributed by atoms with E-state index in [0.29, 0.717) is 24.0 Å². The number of aromatic nitrogens is 1. The molecule has 40 heavy (non-hydrogen) atoms. The summed E-state index contributed by atoms with van der Waals surface area (Å²) in [4.78, 5) is 22.6. The van der Waals surface area contributed by atoms with E-state index in [2.05, 4.69) is 90.5 Å². The van der Waals surface area contributed by atoms with Gasteiger partial charge in [-0.05, 0) is 93.1 Å². The average Bonchev–Trinajstić information content (AvgIpc) is 3.59. The Morgan fingerprint density at radius 2 is 1.82 bits per heavy atom. The minimum absolute atomic E-state index is 0.00675. The summed E-state index contributed by atoms with van der Waals surface area (Å²) in [6.45, 7) is 7.93. The lowest BCUT2D eigenvalue weighted by atomic mass is 9.99. The first-order chi connectivity index (χ1) is 19.3. The number of rotatable bonds is 9. The number of nitrogen functional groups attached to an aromatic ring is 1. The molecule has 0 bridgehead atoms. The monoisotopic (exact) mass is 541 g/mol. The summed E-state index contributed by atoms with van der Waals surface area (Å²) in [7, 11) is 4.31. The van der Waals surface area contributed by atoms with Crippen molar-refractivity contribution in [3.05, 3.63) is 82.5 Å². The molecule has 1 saturated carbocycles. The normalized spacial score (nSPS) is 21.3. The molecule has 0 spiro atoms. The van der Waals surface area contributed by atoms with Crippen LogP contribution in [0.5, 0.6) is 0 Å². The van der Waals surface area contributed by atoms with E-state index < -0.39 is 0 Å². The Hall–Kier alpha value is -3.26. The standard InChI is InChI=1S/C33H43N5O2/c1-22-8-9-25(16-23(22)2)21-40-31-7-5-6-30(31)36-33(39)29-18-35-32(34)17-28(29)26-12-10-24(11-13-26)19-38-15-14-27(20-38)37(3)4/h8-13,16-18,27,30-31H,5-7,14-15,19-21H2,1-4H3,(H2,34,35)(H,36,39)/t27-,30-,31-/m0/s1. The van der Waals surface area contributed by atoms with Gasteiger partial charge in [-0.1, -0.05) is 42.5 Å². The van der Waals surface area contributed by atoms with Crippen molar-refractivity contribution in [1.82, 2.24) is 20.1 Å². The number of likely N-dealkylation sites (N-methyl/N-ethyl adjacent to an activating group) is 1. The zero-order valence-electron chi connectivity index (χ0n) is 24.3. The number of carbonyl (C=O) groups is 1. The third-order valence-corrected chi connectivity index (χ3v) is 8.62. The number of benzene rings is 2. The predicted octanol–water partition coefficient (Wildman–Crippen LogP) is 4.95. The number of hydrogen-bond acceptors (Lipinski definition) is 6. The molecule has 3 atom stereocenters. The Kier molecular flexibility index (Phi) is 8.84. The van der Waals surface area contributed by atoms with Crippen molar-refractivity contribution < 1.29 is 9.53 Å². The Morgan fingerprint density at radius 3 is 2.55 bits per heavy atom. The summed E-state index contributed by atoms with van der Waals surface area (Å²) < 4.78 is 6.30. The number of nitrogens with two attached hydrogens (primary N) is 1. The predicted molar refractivity (Wildman–Crippen MR) is 161 cm³/mol. The van der Waals surface area contributed by atoms with Crippen LogP contribution in [-0.2, 0) is 17.9 Å². The van der Waals surface area contributed by atoms with Crippen molar-refractivity contribution in [1.29, 1.82) is 0 Å². The van der Waals surface area contributed by atoms with Gasteiger partial charge in [-0.3, -0.25) is 9.69 Å². The topological polar surface area (TPSA) is 83.7 Å². The SMILES string of the molecule is Cc1ccc(CO[C@H]2CCC[C@@H]2NC(=O)c2cnc(N)cc2-c2ccc(CN3CC[C@H](N(C)C)C3)cc2)cc1C. The summed E-state index contributed by atoms with van der Waals surface area (Å²) >= 11 is 0. The molecule has 2 heterocycles. The lowest BCUT2D eigenvalue weighted by Gasteiger charge is -2.22. The molecule has 1 aromatic heterocycles. The molecule has 3 aromatic rings. The molecule has 2 fully saturated rings. The van der Waals surface area contributed by atoms with Crippen molar-refractivity contribution in [2.24, 2.45) is 0 Å². The fourth-order valence-corrected chi connectivity index (χ4v) is 5.95. The van der Waals surface area contributed by atoms with Crippen LogP contribution in [0.1, 0.15) is 58.3 Å². The number of anilines is 1. The van der Waals surface area contributed by atoms with Gasteiger partial charge in [0.2, 0.25) is 0 Å². The second-order valence-corrected chi connectivity index (χ2v) is 11.8. The lowest BCUT2D eigenvalue weighted by Crippen LogP contribution is -2.41. The lowest BCUT2D eigenvalue weighted by molar-refractivity contribution is 0.0272. The minimum atomic E-state index is -0.134. The highest BCUT2D eigenvalue weighted by atomic mass is 16.5. The Balaban J connectivity index is 1.24. The van der Waals surface area contributed by atoms with E-state index in [1.807, 2.05) is 0 Å². The number of amides is 1. The van der Waals surface area contributed by atoms with E-state index in [1.54, 1.807) is 12.3 Å². The van der Waals surface area contributed by atoms with Gasteiger partial charge in [0, 0.05) is 31.9 Å². The van der Waals surface area contributed by atoms with Crippen LogP contribution in [0.15, 0.2) is 54.7 Å². The fourth-order valence-electron chi connectivity index (χ4n) is 5.95. The van der Waals surface area contributed by atoms with Crippen LogP contribution in [-0.4, -0.2) is 66.1 Å². The number of pyridine rings is 1. The molecule has 1 amide bonds. The van der Waals surface area contributed by atoms with E-state index in [1.165, 1.54) is 23.1 Å².